The van der Waals surface area contributed by atoms with E-state index >= 15 is 0 Å². The van der Waals surface area contributed by atoms with Crippen molar-refractivity contribution in [2.24, 2.45) is 0 Å². The van der Waals surface area contributed by atoms with E-state index in [-0.39, 0.29) is 6.10 Å². The first kappa shape index (κ1) is 21.4. The first-order chi connectivity index (χ1) is 13.7. The summed E-state index contributed by atoms with van der Waals surface area (Å²) in [6, 6.07) is 9.73. The zero-order valence-electron chi connectivity index (χ0n) is 16.1. The van der Waals surface area contributed by atoms with Crippen LogP contribution in [-0.2, 0) is 34.5 Å². The highest BCUT2D eigenvalue weighted by Gasteiger charge is 2.52. The Labute approximate surface area is 168 Å². The van der Waals surface area contributed by atoms with Gasteiger partial charge >= 0.3 is 0 Å². The van der Waals surface area contributed by atoms with Gasteiger partial charge in [0.05, 0.1) is 30.6 Å². The van der Waals surface area contributed by atoms with Crippen molar-refractivity contribution in [1.82, 2.24) is 0 Å². The zero-order chi connectivity index (χ0) is 19.9. The molecule has 0 saturated carbocycles. The SMILES string of the molecule is C=CCO[C@H]1[C@@H]2O[C@H](c3ccccc3)OC[C@H]2OC(S(=O)CC)[C@H]1OCC=C. The molecule has 2 saturated heterocycles. The van der Waals surface area contributed by atoms with Crippen LogP contribution in [0.2, 0.25) is 0 Å². The lowest BCUT2D eigenvalue weighted by Crippen LogP contribution is -2.64. The molecule has 2 fully saturated rings. The highest BCUT2D eigenvalue weighted by molar-refractivity contribution is 7.85. The summed E-state index contributed by atoms with van der Waals surface area (Å²) in [7, 11) is -1.23. The number of hydrogen-bond acceptors (Lipinski definition) is 6. The number of fused-ring (bicyclic) bond motifs is 1. The van der Waals surface area contributed by atoms with Gasteiger partial charge in [-0.15, -0.1) is 13.2 Å². The van der Waals surface area contributed by atoms with Crippen molar-refractivity contribution in [2.45, 2.75) is 43.1 Å². The highest BCUT2D eigenvalue weighted by Crippen LogP contribution is 2.37. The van der Waals surface area contributed by atoms with Gasteiger partial charge in [0.25, 0.3) is 0 Å². The molecule has 154 valence electrons. The van der Waals surface area contributed by atoms with Gasteiger partial charge in [-0.25, -0.2) is 0 Å². The average molecular weight is 409 g/mol. The van der Waals surface area contributed by atoms with Crippen LogP contribution in [0.3, 0.4) is 0 Å². The van der Waals surface area contributed by atoms with Gasteiger partial charge in [0.15, 0.2) is 11.7 Å². The first-order valence-electron chi connectivity index (χ1n) is 9.49. The number of hydrogen-bond donors (Lipinski definition) is 0. The van der Waals surface area contributed by atoms with E-state index < -0.39 is 40.8 Å². The molecule has 0 aromatic heterocycles. The molecule has 0 N–H and O–H groups in total. The van der Waals surface area contributed by atoms with Crippen LogP contribution < -0.4 is 0 Å². The molecular formula is C21H28O6S. The fraction of sp³-hybridized carbons (Fsp3) is 0.524. The third-order valence-corrected chi connectivity index (χ3v) is 6.18. The summed E-state index contributed by atoms with van der Waals surface area (Å²) in [5, 5.41) is 0. The predicted molar refractivity (Wildman–Crippen MR) is 107 cm³/mol. The van der Waals surface area contributed by atoms with Crippen LogP contribution in [-0.4, -0.2) is 59.6 Å². The van der Waals surface area contributed by atoms with Crippen molar-refractivity contribution in [1.29, 1.82) is 0 Å². The van der Waals surface area contributed by atoms with Gasteiger partial charge in [-0.3, -0.25) is 4.21 Å². The molecule has 0 bridgehead atoms. The Bertz CT molecular complexity index is 666. The topological polar surface area (TPSA) is 63.2 Å². The van der Waals surface area contributed by atoms with E-state index in [1.165, 1.54) is 0 Å². The Balaban J connectivity index is 1.86. The molecule has 28 heavy (non-hydrogen) atoms. The number of rotatable bonds is 9. The molecule has 3 rings (SSSR count). The smallest absolute Gasteiger partial charge is 0.184 e. The van der Waals surface area contributed by atoms with E-state index in [0.29, 0.717) is 25.6 Å². The predicted octanol–water partition coefficient (Wildman–Crippen LogP) is 2.74. The van der Waals surface area contributed by atoms with E-state index in [4.69, 9.17) is 23.7 Å². The Morgan fingerprint density at radius 3 is 2.43 bits per heavy atom. The van der Waals surface area contributed by atoms with Gasteiger partial charge in [0.2, 0.25) is 0 Å². The minimum absolute atomic E-state index is 0.301. The summed E-state index contributed by atoms with van der Waals surface area (Å²) >= 11 is 0. The molecule has 0 amide bonds. The first-order valence-corrected chi connectivity index (χ1v) is 10.9. The van der Waals surface area contributed by atoms with E-state index in [1.807, 2.05) is 37.3 Å². The maximum absolute atomic E-state index is 12.6. The van der Waals surface area contributed by atoms with Gasteiger partial charge in [0, 0.05) is 11.3 Å². The second kappa shape index (κ2) is 10.4. The molecular weight excluding hydrogens is 380 g/mol. The molecule has 0 spiro atoms. The Hall–Kier alpha value is -1.35. The van der Waals surface area contributed by atoms with E-state index in [9.17, 15) is 4.21 Å². The van der Waals surface area contributed by atoms with Crippen molar-refractivity contribution in [3.63, 3.8) is 0 Å². The minimum Gasteiger partial charge on any atom is -0.368 e. The Kier molecular flexibility index (Phi) is 7.96. The van der Waals surface area contributed by atoms with Crippen molar-refractivity contribution < 1.29 is 27.9 Å². The van der Waals surface area contributed by atoms with Crippen LogP contribution in [0, 0.1) is 0 Å². The Morgan fingerprint density at radius 2 is 1.79 bits per heavy atom. The second-order valence-corrected chi connectivity index (χ2v) is 8.37. The normalized spacial score (nSPS) is 33.6. The van der Waals surface area contributed by atoms with Gasteiger partial charge in [-0.2, -0.15) is 0 Å². The van der Waals surface area contributed by atoms with Crippen LogP contribution in [0.15, 0.2) is 55.6 Å². The monoisotopic (exact) mass is 408 g/mol. The molecule has 7 heteroatoms. The van der Waals surface area contributed by atoms with Crippen LogP contribution in [0.4, 0.5) is 0 Å². The van der Waals surface area contributed by atoms with Crippen LogP contribution >= 0.6 is 0 Å². The van der Waals surface area contributed by atoms with Crippen LogP contribution in [0.5, 0.6) is 0 Å². The third kappa shape index (κ3) is 4.79. The van der Waals surface area contributed by atoms with Crippen molar-refractivity contribution in [2.75, 3.05) is 25.6 Å². The molecule has 0 aliphatic carbocycles. The summed E-state index contributed by atoms with van der Waals surface area (Å²) in [5.41, 5.74) is 0.299. The summed E-state index contributed by atoms with van der Waals surface area (Å²) in [6.07, 6.45) is 0.989. The van der Waals surface area contributed by atoms with Gasteiger partial charge in [0.1, 0.15) is 24.4 Å². The molecule has 1 aromatic carbocycles. The molecule has 7 atom stereocenters. The molecule has 1 aromatic rings. The lowest BCUT2D eigenvalue weighted by Gasteiger charge is -2.48. The summed E-state index contributed by atoms with van der Waals surface area (Å²) < 4.78 is 42.9. The highest BCUT2D eigenvalue weighted by atomic mass is 32.2. The van der Waals surface area contributed by atoms with Crippen molar-refractivity contribution in [3.05, 3.63) is 61.2 Å². The fourth-order valence-electron chi connectivity index (χ4n) is 3.43. The summed E-state index contributed by atoms with van der Waals surface area (Å²) in [6.45, 7) is 10.2. The zero-order valence-corrected chi connectivity index (χ0v) is 16.9. The third-order valence-electron chi connectivity index (χ3n) is 4.71. The minimum atomic E-state index is -1.23. The lowest BCUT2D eigenvalue weighted by molar-refractivity contribution is -0.326. The van der Waals surface area contributed by atoms with E-state index in [0.717, 1.165) is 5.56 Å². The maximum atomic E-state index is 12.6. The van der Waals surface area contributed by atoms with Crippen LogP contribution in [0.1, 0.15) is 18.8 Å². The largest absolute Gasteiger partial charge is 0.368 e. The molecule has 2 unspecified atom stereocenters. The number of benzene rings is 1. The van der Waals surface area contributed by atoms with Crippen molar-refractivity contribution >= 4 is 10.8 Å². The van der Waals surface area contributed by atoms with Gasteiger partial charge in [-0.05, 0) is 0 Å². The molecule has 6 nitrogen and oxygen atoms in total. The molecule has 2 aliphatic rings. The summed E-state index contributed by atoms with van der Waals surface area (Å²) in [5.74, 6) is 0.457. The van der Waals surface area contributed by atoms with E-state index in [1.54, 1.807) is 12.2 Å². The molecule has 0 radical (unpaired) electrons. The second-order valence-electron chi connectivity index (χ2n) is 6.56. The lowest BCUT2D eigenvalue weighted by atomic mass is 9.98. The molecule has 2 aliphatic heterocycles. The molecule has 2 heterocycles. The van der Waals surface area contributed by atoms with E-state index in [2.05, 4.69) is 13.2 Å². The summed E-state index contributed by atoms with van der Waals surface area (Å²) in [4.78, 5) is 0. The van der Waals surface area contributed by atoms with Gasteiger partial charge in [-0.1, -0.05) is 49.4 Å². The number of ether oxygens (including phenoxy) is 5. The maximum Gasteiger partial charge on any atom is 0.184 e. The fourth-order valence-corrected chi connectivity index (χ4v) is 4.55. The average Bonchev–Trinajstić information content (AvgIpc) is 2.75. The Morgan fingerprint density at radius 1 is 1.11 bits per heavy atom. The van der Waals surface area contributed by atoms with Gasteiger partial charge < -0.3 is 23.7 Å². The standard InChI is InChI=1S/C21H28O6S/c1-4-12-23-18-17-16(14-25-20(27-17)15-10-8-7-9-11-15)26-21(28(22)6-3)19(18)24-13-5-2/h4-5,7-11,16-21H,1-2,6,12-14H2,3H3/t16-,17-,18+,19+,20-,21?,28?/m1/s1. The van der Waals surface area contributed by atoms with Crippen LogP contribution in [0.25, 0.3) is 0 Å². The van der Waals surface area contributed by atoms with Crippen molar-refractivity contribution in [3.8, 4) is 0 Å². The quantitative estimate of drug-likeness (QED) is 0.586.